The number of nitrogens with zero attached hydrogens (tertiary/aromatic N) is 1. The molecule has 0 amide bonds. The molecular formula is C15H19NO3. The quantitative estimate of drug-likeness (QED) is 0.628. The standard InChI is InChI=1S/C15H19NO3/c1-2-7-18-8-3-4-12-5-6-14(11-16-12)19-15-9-13(17)10-15/h5-6,11,13,15,17H,3-4,8-10H2,1H3. The van der Waals surface area contributed by atoms with Crippen molar-refractivity contribution in [2.45, 2.75) is 44.8 Å². The van der Waals surface area contributed by atoms with Gasteiger partial charge >= 0.3 is 0 Å². The molecule has 1 aliphatic carbocycles. The van der Waals surface area contributed by atoms with Crippen molar-refractivity contribution in [3.63, 3.8) is 0 Å². The molecule has 1 aliphatic rings. The minimum atomic E-state index is -0.191. The molecule has 0 saturated heterocycles. The Labute approximate surface area is 113 Å². The van der Waals surface area contributed by atoms with Gasteiger partial charge in [-0.15, -0.1) is 0 Å². The van der Waals surface area contributed by atoms with Gasteiger partial charge in [0.05, 0.1) is 12.3 Å². The van der Waals surface area contributed by atoms with Gasteiger partial charge in [-0.05, 0) is 25.0 Å². The summed E-state index contributed by atoms with van der Waals surface area (Å²) in [7, 11) is 0. The van der Waals surface area contributed by atoms with Gasteiger partial charge < -0.3 is 14.6 Å². The number of ether oxygens (including phenoxy) is 2. The molecule has 1 aromatic heterocycles. The Kier molecular flexibility index (Phi) is 5.05. The molecule has 0 aliphatic heterocycles. The second-order valence-electron chi connectivity index (χ2n) is 4.65. The van der Waals surface area contributed by atoms with Crippen molar-refractivity contribution in [2.75, 3.05) is 6.61 Å². The molecule has 1 fully saturated rings. The van der Waals surface area contributed by atoms with Crippen LogP contribution in [0.5, 0.6) is 5.75 Å². The molecule has 1 aromatic rings. The Bertz CT molecular complexity index is 441. The second kappa shape index (κ2) is 7.01. The van der Waals surface area contributed by atoms with E-state index in [4.69, 9.17) is 9.47 Å². The fourth-order valence-corrected chi connectivity index (χ4v) is 1.90. The summed E-state index contributed by atoms with van der Waals surface area (Å²) in [5.74, 6) is 3.46. The number of aromatic nitrogens is 1. The maximum absolute atomic E-state index is 9.18. The topological polar surface area (TPSA) is 51.6 Å². The van der Waals surface area contributed by atoms with Crippen LogP contribution in [-0.4, -0.2) is 28.9 Å². The van der Waals surface area contributed by atoms with Crippen molar-refractivity contribution < 1.29 is 14.6 Å². The van der Waals surface area contributed by atoms with Gasteiger partial charge in [0, 0.05) is 25.5 Å². The van der Waals surface area contributed by atoms with Crippen molar-refractivity contribution in [3.05, 3.63) is 24.0 Å². The summed E-state index contributed by atoms with van der Waals surface area (Å²) in [4.78, 5) is 4.35. The lowest BCUT2D eigenvalue weighted by Gasteiger charge is -2.31. The molecular weight excluding hydrogens is 242 g/mol. The molecule has 0 aromatic carbocycles. The van der Waals surface area contributed by atoms with Crippen LogP contribution in [0.4, 0.5) is 0 Å². The molecule has 0 spiro atoms. The Balaban J connectivity index is 1.70. The van der Waals surface area contributed by atoms with Gasteiger partial charge in [-0.1, -0.05) is 5.92 Å². The van der Waals surface area contributed by atoms with Crippen LogP contribution in [0.25, 0.3) is 0 Å². The first-order valence-electron chi connectivity index (χ1n) is 6.61. The van der Waals surface area contributed by atoms with Crippen LogP contribution < -0.4 is 4.74 Å². The third-order valence-electron chi connectivity index (χ3n) is 3.02. The van der Waals surface area contributed by atoms with Crippen molar-refractivity contribution in [3.8, 4) is 17.8 Å². The highest BCUT2D eigenvalue weighted by Gasteiger charge is 2.28. The first-order valence-corrected chi connectivity index (χ1v) is 6.61. The smallest absolute Gasteiger partial charge is 0.138 e. The van der Waals surface area contributed by atoms with E-state index in [2.05, 4.69) is 17.0 Å². The van der Waals surface area contributed by atoms with Gasteiger partial charge in [-0.2, -0.15) is 0 Å². The third kappa shape index (κ3) is 4.46. The zero-order valence-electron chi connectivity index (χ0n) is 11.1. The molecule has 0 radical (unpaired) electrons. The first-order chi connectivity index (χ1) is 9.28. The molecule has 4 nitrogen and oxygen atoms in total. The Morgan fingerprint density at radius 2 is 2.26 bits per heavy atom. The number of pyridine rings is 1. The van der Waals surface area contributed by atoms with Crippen LogP contribution in [0.15, 0.2) is 18.3 Å². The number of hydrogen-bond donors (Lipinski definition) is 1. The number of aryl methyl sites for hydroxylation is 1. The average Bonchev–Trinajstić information content (AvgIpc) is 2.39. The SMILES string of the molecule is CC#COCCCc1ccc(OC2CC(O)C2)cn1. The van der Waals surface area contributed by atoms with E-state index in [1.165, 1.54) is 0 Å². The summed E-state index contributed by atoms with van der Waals surface area (Å²) >= 11 is 0. The van der Waals surface area contributed by atoms with Gasteiger partial charge in [0.15, 0.2) is 0 Å². The van der Waals surface area contributed by atoms with Gasteiger partial charge in [-0.3, -0.25) is 4.98 Å². The van der Waals surface area contributed by atoms with Gasteiger partial charge in [0.25, 0.3) is 0 Å². The summed E-state index contributed by atoms with van der Waals surface area (Å²) in [6.45, 7) is 2.38. The lowest BCUT2D eigenvalue weighted by Crippen LogP contribution is -2.37. The van der Waals surface area contributed by atoms with E-state index >= 15 is 0 Å². The van der Waals surface area contributed by atoms with Crippen LogP contribution in [0.1, 0.15) is 31.9 Å². The lowest BCUT2D eigenvalue weighted by molar-refractivity contribution is -0.0109. The van der Waals surface area contributed by atoms with E-state index in [-0.39, 0.29) is 12.2 Å². The highest BCUT2D eigenvalue weighted by Crippen LogP contribution is 2.25. The lowest BCUT2D eigenvalue weighted by atomic mass is 9.92. The molecule has 102 valence electrons. The summed E-state index contributed by atoms with van der Waals surface area (Å²) in [5, 5.41) is 9.18. The summed E-state index contributed by atoms with van der Waals surface area (Å²) < 4.78 is 10.7. The zero-order chi connectivity index (χ0) is 13.5. The fraction of sp³-hybridized carbons (Fsp3) is 0.533. The van der Waals surface area contributed by atoms with Crippen molar-refractivity contribution in [2.24, 2.45) is 0 Å². The van der Waals surface area contributed by atoms with Crippen LogP contribution in [0.3, 0.4) is 0 Å². The molecule has 1 heterocycles. The van der Waals surface area contributed by atoms with E-state index in [1.807, 2.05) is 12.1 Å². The van der Waals surface area contributed by atoms with E-state index in [9.17, 15) is 5.11 Å². The van der Waals surface area contributed by atoms with Crippen LogP contribution >= 0.6 is 0 Å². The maximum Gasteiger partial charge on any atom is 0.138 e. The highest BCUT2D eigenvalue weighted by molar-refractivity contribution is 5.20. The van der Waals surface area contributed by atoms with Gasteiger partial charge in [-0.25, -0.2) is 0 Å². The van der Waals surface area contributed by atoms with Crippen molar-refractivity contribution >= 4 is 0 Å². The minimum absolute atomic E-state index is 0.142. The predicted octanol–water partition coefficient (Wildman–Crippen LogP) is 1.91. The average molecular weight is 261 g/mol. The molecule has 19 heavy (non-hydrogen) atoms. The summed E-state index contributed by atoms with van der Waals surface area (Å²) in [6.07, 6.45) is 7.47. The molecule has 0 bridgehead atoms. The number of hydrogen-bond acceptors (Lipinski definition) is 4. The summed E-state index contributed by atoms with van der Waals surface area (Å²) in [6, 6.07) is 3.90. The van der Waals surface area contributed by atoms with Crippen molar-refractivity contribution in [1.82, 2.24) is 4.98 Å². The van der Waals surface area contributed by atoms with E-state index in [0.29, 0.717) is 6.61 Å². The number of aliphatic hydroxyl groups is 1. The third-order valence-corrected chi connectivity index (χ3v) is 3.02. The second-order valence-corrected chi connectivity index (χ2v) is 4.65. The monoisotopic (exact) mass is 261 g/mol. The normalized spacial score (nSPS) is 20.9. The van der Waals surface area contributed by atoms with E-state index in [0.717, 1.165) is 37.1 Å². The minimum Gasteiger partial charge on any atom is -0.489 e. The first kappa shape index (κ1) is 13.7. The molecule has 4 heteroatoms. The Morgan fingerprint density at radius 1 is 1.42 bits per heavy atom. The Morgan fingerprint density at radius 3 is 2.89 bits per heavy atom. The largest absolute Gasteiger partial charge is 0.489 e. The number of rotatable bonds is 6. The zero-order valence-corrected chi connectivity index (χ0v) is 11.1. The molecule has 0 unspecified atom stereocenters. The molecule has 1 saturated carbocycles. The fourth-order valence-electron chi connectivity index (χ4n) is 1.90. The Hall–Kier alpha value is -1.73. The molecule has 2 rings (SSSR count). The summed E-state index contributed by atoms with van der Waals surface area (Å²) in [5.41, 5.74) is 1.02. The molecule has 1 N–H and O–H groups in total. The van der Waals surface area contributed by atoms with Crippen LogP contribution in [-0.2, 0) is 11.2 Å². The molecule has 0 atom stereocenters. The predicted molar refractivity (Wildman–Crippen MR) is 71.6 cm³/mol. The van der Waals surface area contributed by atoms with Gasteiger partial charge in [0.1, 0.15) is 24.6 Å². The van der Waals surface area contributed by atoms with E-state index in [1.54, 1.807) is 13.1 Å². The maximum atomic E-state index is 9.18. The van der Waals surface area contributed by atoms with Crippen LogP contribution in [0, 0.1) is 12.0 Å². The van der Waals surface area contributed by atoms with Gasteiger partial charge in [0.2, 0.25) is 0 Å². The van der Waals surface area contributed by atoms with Crippen LogP contribution in [0.2, 0.25) is 0 Å². The van der Waals surface area contributed by atoms with E-state index < -0.39 is 0 Å². The highest BCUT2D eigenvalue weighted by atomic mass is 16.5. The van der Waals surface area contributed by atoms with Crippen molar-refractivity contribution in [1.29, 1.82) is 0 Å². The number of aliphatic hydroxyl groups excluding tert-OH is 1.